The summed E-state index contributed by atoms with van der Waals surface area (Å²) in [6.45, 7) is 6.34. The van der Waals surface area contributed by atoms with E-state index in [1.807, 2.05) is 6.92 Å². The molecule has 0 spiro atoms. The second-order valence-electron chi connectivity index (χ2n) is 5.02. The van der Waals surface area contributed by atoms with E-state index in [1.165, 1.54) is 16.7 Å². The fraction of sp³-hybridized carbons (Fsp3) is 0.400. The van der Waals surface area contributed by atoms with Crippen LogP contribution in [-0.2, 0) is 12.8 Å². The summed E-state index contributed by atoms with van der Waals surface area (Å²) in [5, 5.41) is 3.23. The lowest BCUT2D eigenvalue weighted by Gasteiger charge is -2.17. The predicted octanol–water partition coefficient (Wildman–Crippen LogP) is 2.69. The van der Waals surface area contributed by atoms with Gasteiger partial charge < -0.3 is 0 Å². The van der Waals surface area contributed by atoms with E-state index in [9.17, 15) is 0 Å². The van der Waals surface area contributed by atoms with Crippen molar-refractivity contribution in [2.24, 2.45) is 5.84 Å². The Labute approximate surface area is 118 Å². The number of rotatable bonds is 5. The van der Waals surface area contributed by atoms with Gasteiger partial charge in [-0.05, 0) is 43.9 Å². The number of nitrogens with zero attached hydrogens (tertiary/aromatic N) is 1. The van der Waals surface area contributed by atoms with E-state index >= 15 is 0 Å². The molecule has 1 atom stereocenters. The molecule has 1 heterocycles. The minimum absolute atomic E-state index is 0.227. The molecule has 1 aromatic heterocycles. The molecular formula is C15H21N3S. The third-order valence-corrected chi connectivity index (χ3v) is 4.41. The minimum atomic E-state index is 0.227. The summed E-state index contributed by atoms with van der Waals surface area (Å²) in [4.78, 5) is 4.51. The zero-order valence-electron chi connectivity index (χ0n) is 11.7. The van der Waals surface area contributed by atoms with E-state index in [4.69, 9.17) is 5.84 Å². The Kier molecular flexibility index (Phi) is 4.69. The molecule has 4 heteroatoms. The van der Waals surface area contributed by atoms with Gasteiger partial charge in [0.15, 0.2) is 0 Å². The molecule has 102 valence electrons. The highest BCUT2D eigenvalue weighted by Gasteiger charge is 2.13. The lowest BCUT2D eigenvalue weighted by atomic mass is 9.95. The summed E-state index contributed by atoms with van der Waals surface area (Å²) in [6.07, 6.45) is 1.82. The van der Waals surface area contributed by atoms with E-state index in [2.05, 4.69) is 47.8 Å². The summed E-state index contributed by atoms with van der Waals surface area (Å²) < 4.78 is 0. The highest BCUT2D eigenvalue weighted by Crippen LogP contribution is 2.18. The van der Waals surface area contributed by atoms with Gasteiger partial charge in [0.05, 0.1) is 5.01 Å². The number of benzene rings is 1. The first-order valence-corrected chi connectivity index (χ1v) is 7.40. The van der Waals surface area contributed by atoms with Gasteiger partial charge in [-0.2, -0.15) is 0 Å². The van der Waals surface area contributed by atoms with Gasteiger partial charge in [-0.3, -0.25) is 11.3 Å². The van der Waals surface area contributed by atoms with Crippen LogP contribution < -0.4 is 11.3 Å². The molecule has 0 fully saturated rings. The quantitative estimate of drug-likeness (QED) is 0.651. The first-order chi connectivity index (χ1) is 9.10. The number of hydrazine groups is 1. The van der Waals surface area contributed by atoms with Crippen molar-refractivity contribution in [3.8, 4) is 0 Å². The molecule has 19 heavy (non-hydrogen) atoms. The number of nitrogens with one attached hydrogen (secondary N) is 1. The van der Waals surface area contributed by atoms with Crippen LogP contribution in [-0.4, -0.2) is 11.0 Å². The number of aromatic nitrogens is 1. The van der Waals surface area contributed by atoms with Crippen molar-refractivity contribution >= 4 is 11.3 Å². The maximum atomic E-state index is 5.70. The Morgan fingerprint density at radius 3 is 2.42 bits per heavy atom. The maximum absolute atomic E-state index is 5.70. The zero-order chi connectivity index (χ0) is 13.8. The molecule has 0 saturated carbocycles. The molecule has 0 amide bonds. The fourth-order valence-corrected chi connectivity index (χ4v) is 3.17. The molecule has 3 nitrogen and oxygen atoms in total. The van der Waals surface area contributed by atoms with Gasteiger partial charge in [-0.1, -0.05) is 18.2 Å². The highest BCUT2D eigenvalue weighted by molar-refractivity contribution is 7.09. The van der Waals surface area contributed by atoms with Crippen LogP contribution >= 0.6 is 11.3 Å². The van der Waals surface area contributed by atoms with Gasteiger partial charge in [0.25, 0.3) is 0 Å². The zero-order valence-corrected chi connectivity index (χ0v) is 12.6. The first kappa shape index (κ1) is 14.2. The first-order valence-electron chi connectivity index (χ1n) is 6.52. The summed E-state index contributed by atoms with van der Waals surface area (Å²) in [5.41, 5.74) is 8.06. The SMILES string of the molecule is Cc1csc(CC(Cc2c(C)cccc2C)NN)n1. The second kappa shape index (κ2) is 6.28. The second-order valence-corrected chi connectivity index (χ2v) is 5.97. The Morgan fingerprint density at radius 1 is 1.21 bits per heavy atom. The number of nitrogens with two attached hydrogens (primary N) is 1. The van der Waals surface area contributed by atoms with Crippen LogP contribution in [0.3, 0.4) is 0 Å². The Bertz CT molecular complexity index is 528. The summed E-state index contributed by atoms with van der Waals surface area (Å²) in [5.74, 6) is 5.70. The van der Waals surface area contributed by atoms with Crippen LogP contribution in [0, 0.1) is 20.8 Å². The molecule has 2 rings (SSSR count). The fourth-order valence-electron chi connectivity index (χ4n) is 2.31. The summed E-state index contributed by atoms with van der Waals surface area (Å²) >= 11 is 1.71. The van der Waals surface area contributed by atoms with Crippen LogP contribution in [0.15, 0.2) is 23.6 Å². The third kappa shape index (κ3) is 3.62. The molecule has 0 aliphatic carbocycles. The van der Waals surface area contributed by atoms with E-state index in [-0.39, 0.29) is 6.04 Å². The molecule has 0 saturated heterocycles. The van der Waals surface area contributed by atoms with Crippen molar-refractivity contribution in [1.29, 1.82) is 0 Å². The lowest BCUT2D eigenvalue weighted by Crippen LogP contribution is -2.38. The minimum Gasteiger partial charge on any atom is -0.271 e. The van der Waals surface area contributed by atoms with Crippen molar-refractivity contribution in [2.45, 2.75) is 39.7 Å². The van der Waals surface area contributed by atoms with Crippen LogP contribution in [0.4, 0.5) is 0 Å². The van der Waals surface area contributed by atoms with Gasteiger partial charge in [-0.15, -0.1) is 11.3 Å². The average molecular weight is 275 g/mol. The van der Waals surface area contributed by atoms with Crippen molar-refractivity contribution in [3.63, 3.8) is 0 Å². The molecule has 1 aromatic carbocycles. The molecule has 2 aromatic rings. The molecule has 0 aliphatic rings. The highest BCUT2D eigenvalue weighted by atomic mass is 32.1. The summed E-state index contributed by atoms with van der Waals surface area (Å²) in [6, 6.07) is 6.64. The van der Waals surface area contributed by atoms with E-state index < -0.39 is 0 Å². The van der Waals surface area contributed by atoms with Crippen LogP contribution in [0.5, 0.6) is 0 Å². The summed E-state index contributed by atoms with van der Waals surface area (Å²) in [7, 11) is 0. The molecular weight excluding hydrogens is 254 g/mol. The van der Waals surface area contributed by atoms with Gasteiger partial charge in [0, 0.05) is 23.5 Å². The number of hydrogen-bond donors (Lipinski definition) is 2. The van der Waals surface area contributed by atoms with E-state index in [1.54, 1.807) is 11.3 Å². The lowest BCUT2D eigenvalue weighted by molar-refractivity contribution is 0.519. The molecule has 0 aliphatic heterocycles. The van der Waals surface area contributed by atoms with Crippen molar-refractivity contribution in [1.82, 2.24) is 10.4 Å². The molecule has 3 N–H and O–H groups in total. The van der Waals surface area contributed by atoms with Gasteiger partial charge in [0.2, 0.25) is 0 Å². The van der Waals surface area contributed by atoms with Gasteiger partial charge in [0.1, 0.15) is 0 Å². The molecule has 0 bridgehead atoms. The molecule has 1 unspecified atom stereocenters. The van der Waals surface area contributed by atoms with E-state index in [0.717, 1.165) is 23.5 Å². The Hall–Kier alpha value is -1.23. The normalized spacial score (nSPS) is 12.6. The van der Waals surface area contributed by atoms with Crippen molar-refractivity contribution in [3.05, 3.63) is 51.0 Å². The number of thiazole rings is 1. The standard InChI is InChI=1S/C15H21N3S/c1-10-5-4-6-11(2)14(10)7-13(18-16)8-15-17-12(3)9-19-15/h4-6,9,13,18H,7-8,16H2,1-3H3. The van der Waals surface area contributed by atoms with Crippen molar-refractivity contribution < 1.29 is 0 Å². The average Bonchev–Trinajstić information content (AvgIpc) is 2.78. The smallest absolute Gasteiger partial charge is 0.0944 e. The van der Waals surface area contributed by atoms with Crippen molar-refractivity contribution in [2.75, 3.05) is 0 Å². The van der Waals surface area contributed by atoms with Crippen LogP contribution in [0.25, 0.3) is 0 Å². The maximum Gasteiger partial charge on any atom is 0.0944 e. The largest absolute Gasteiger partial charge is 0.271 e. The van der Waals surface area contributed by atoms with Gasteiger partial charge in [-0.25, -0.2) is 4.98 Å². The predicted molar refractivity (Wildman–Crippen MR) is 81.3 cm³/mol. The third-order valence-electron chi connectivity index (χ3n) is 3.42. The number of hydrogen-bond acceptors (Lipinski definition) is 4. The van der Waals surface area contributed by atoms with Gasteiger partial charge >= 0.3 is 0 Å². The monoisotopic (exact) mass is 275 g/mol. The Morgan fingerprint density at radius 2 is 1.89 bits per heavy atom. The topological polar surface area (TPSA) is 50.9 Å². The number of aryl methyl sites for hydroxylation is 3. The van der Waals surface area contributed by atoms with E-state index in [0.29, 0.717) is 0 Å². The Balaban J connectivity index is 2.11. The molecule has 0 radical (unpaired) electrons. The van der Waals surface area contributed by atoms with Crippen LogP contribution in [0.2, 0.25) is 0 Å². The van der Waals surface area contributed by atoms with Crippen LogP contribution in [0.1, 0.15) is 27.4 Å².